The van der Waals surface area contributed by atoms with Crippen molar-refractivity contribution >= 4 is 35.0 Å². The molecule has 1 aromatic rings. The van der Waals surface area contributed by atoms with E-state index in [1.807, 2.05) is 0 Å². The molecule has 1 aromatic carbocycles. The minimum absolute atomic E-state index is 0.209. The minimum Gasteiger partial charge on any atom is -0.384 e. The first-order valence-electron chi connectivity index (χ1n) is 7.50. The predicted octanol–water partition coefficient (Wildman–Crippen LogP) is 4.32. The van der Waals surface area contributed by atoms with E-state index >= 15 is 0 Å². The molecule has 1 fully saturated rings. The quantitative estimate of drug-likeness (QED) is 0.375. The smallest absolute Gasteiger partial charge is 0.335 e. The topological polar surface area (TPSA) is 64.7 Å². The Hall–Kier alpha value is -1.26. The Morgan fingerprint density at radius 2 is 2.00 bits per heavy atom. The maximum absolute atomic E-state index is 11.8. The molecule has 0 bridgehead atoms. The largest absolute Gasteiger partial charge is 0.384 e. The van der Waals surface area contributed by atoms with Crippen molar-refractivity contribution in [3.05, 3.63) is 33.8 Å². The van der Waals surface area contributed by atoms with Crippen molar-refractivity contribution in [2.45, 2.75) is 44.9 Å². The highest BCUT2D eigenvalue weighted by molar-refractivity contribution is 6.35. The van der Waals surface area contributed by atoms with Gasteiger partial charge in [0.2, 0.25) is 0 Å². The van der Waals surface area contributed by atoms with Crippen LogP contribution in [0.1, 0.15) is 44.1 Å². The molecule has 6 heteroatoms. The highest BCUT2D eigenvalue weighted by Crippen LogP contribution is 2.26. The number of benzene rings is 1. The summed E-state index contributed by atoms with van der Waals surface area (Å²) in [6, 6.07) is 5.14. The molecule has 4 nitrogen and oxygen atoms in total. The minimum atomic E-state index is -0.322. The third-order valence-electron chi connectivity index (χ3n) is 3.83. The molecule has 120 valence electrons. The van der Waals surface area contributed by atoms with E-state index in [4.69, 9.17) is 33.8 Å². The molecule has 2 N–H and O–H groups in total. The third kappa shape index (κ3) is 5.50. The monoisotopic (exact) mass is 342 g/mol. The number of hydrogen-bond donors (Lipinski definition) is 1. The number of nitrogens with two attached hydrogens (primary N) is 1. The molecule has 1 saturated carbocycles. The third-order valence-corrected chi connectivity index (χ3v) is 4.42. The summed E-state index contributed by atoms with van der Waals surface area (Å²) >= 11 is 11.9. The van der Waals surface area contributed by atoms with Gasteiger partial charge in [-0.15, -0.1) is 0 Å². The van der Waals surface area contributed by atoms with E-state index in [0.717, 1.165) is 18.4 Å². The second-order valence-corrected chi connectivity index (χ2v) is 6.51. The summed E-state index contributed by atoms with van der Waals surface area (Å²) in [5, 5.41) is 4.77. The van der Waals surface area contributed by atoms with Crippen LogP contribution in [0.2, 0.25) is 10.0 Å². The molecule has 2 rings (SSSR count). The fourth-order valence-corrected chi connectivity index (χ4v) is 3.14. The first-order chi connectivity index (χ1) is 10.5. The molecule has 0 unspecified atom stereocenters. The van der Waals surface area contributed by atoms with Crippen LogP contribution in [0.4, 0.5) is 0 Å². The lowest BCUT2D eigenvalue weighted by Crippen LogP contribution is -2.18. The standard InChI is InChI=1S/C16H20Cl2N2O2/c17-13-7-6-12(14(18)10-13)9-15(19)20-22-16(21)8-11-4-2-1-3-5-11/h6-7,10-11H,1-5,8-9H2,(H2,19,20). The lowest BCUT2D eigenvalue weighted by atomic mass is 9.87. The van der Waals surface area contributed by atoms with Crippen molar-refractivity contribution in [1.29, 1.82) is 0 Å². The van der Waals surface area contributed by atoms with Gasteiger partial charge in [0.25, 0.3) is 0 Å². The summed E-state index contributed by atoms with van der Waals surface area (Å²) in [6.07, 6.45) is 6.56. The Morgan fingerprint density at radius 3 is 2.68 bits per heavy atom. The number of oxime groups is 1. The van der Waals surface area contributed by atoms with Crippen LogP contribution in [-0.4, -0.2) is 11.8 Å². The molecule has 22 heavy (non-hydrogen) atoms. The Labute approximate surface area is 140 Å². The number of nitrogens with zero attached hydrogens (tertiary/aromatic N) is 1. The van der Waals surface area contributed by atoms with Crippen LogP contribution in [-0.2, 0) is 16.1 Å². The molecule has 0 heterocycles. The molecular weight excluding hydrogens is 323 g/mol. The Morgan fingerprint density at radius 1 is 1.27 bits per heavy atom. The predicted molar refractivity (Wildman–Crippen MR) is 89.1 cm³/mol. The van der Waals surface area contributed by atoms with E-state index in [1.54, 1.807) is 18.2 Å². The summed E-state index contributed by atoms with van der Waals surface area (Å²) in [7, 11) is 0. The van der Waals surface area contributed by atoms with Gasteiger partial charge in [0.1, 0.15) is 5.84 Å². The van der Waals surface area contributed by atoms with Crippen molar-refractivity contribution in [3.63, 3.8) is 0 Å². The molecular formula is C16H20Cl2N2O2. The summed E-state index contributed by atoms with van der Waals surface area (Å²) in [5.41, 5.74) is 6.56. The van der Waals surface area contributed by atoms with Gasteiger partial charge in [-0.1, -0.05) is 53.7 Å². The Kier molecular flexibility index (Phi) is 6.52. The molecule has 0 aliphatic heterocycles. The van der Waals surface area contributed by atoms with Crippen molar-refractivity contribution in [2.24, 2.45) is 16.8 Å². The van der Waals surface area contributed by atoms with Crippen LogP contribution < -0.4 is 5.73 Å². The van der Waals surface area contributed by atoms with Crippen molar-refractivity contribution < 1.29 is 9.63 Å². The second kappa shape index (κ2) is 8.39. The van der Waals surface area contributed by atoms with Gasteiger partial charge < -0.3 is 10.6 Å². The second-order valence-electron chi connectivity index (χ2n) is 5.67. The van der Waals surface area contributed by atoms with Gasteiger partial charge in [0, 0.05) is 16.5 Å². The van der Waals surface area contributed by atoms with E-state index in [-0.39, 0.29) is 11.8 Å². The maximum atomic E-state index is 11.8. The number of hydrogen-bond acceptors (Lipinski definition) is 3. The molecule has 0 amide bonds. The van der Waals surface area contributed by atoms with Crippen LogP contribution in [0.25, 0.3) is 0 Å². The molecule has 1 aliphatic carbocycles. The van der Waals surface area contributed by atoms with Gasteiger partial charge in [-0.05, 0) is 36.5 Å². The Bertz CT molecular complexity index is 555. The summed E-state index contributed by atoms with van der Waals surface area (Å²) in [5.74, 6) is 0.307. The van der Waals surface area contributed by atoms with Crippen LogP contribution in [0.5, 0.6) is 0 Å². The van der Waals surface area contributed by atoms with Gasteiger partial charge in [-0.25, -0.2) is 4.79 Å². The summed E-state index contributed by atoms with van der Waals surface area (Å²) in [6.45, 7) is 0. The summed E-state index contributed by atoms with van der Waals surface area (Å²) < 4.78 is 0. The van der Waals surface area contributed by atoms with Crippen molar-refractivity contribution in [2.75, 3.05) is 0 Å². The fraction of sp³-hybridized carbons (Fsp3) is 0.500. The lowest BCUT2D eigenvalue weighted by Gasteiger charge is -2.19. The zero-order valence-electron chi connectivity index (χ0n) is 12.4. The van der Waals surface area contributed by atoms with E-state index in [0.29, 0.717) is 28.8 Å². The Balaban J connectivity index is 1.82. The van der Waals surface area contributed by atoms with Crippen molar-refractivity contribution in [1.82, 2.24) is 0 Å². The molecule has 1 aliphatic rings. The average Bonchev–Trinajstić information content (AvgIpc) is 2.49. The first-order valence-corrected chi connectivity index (χ1v) is 8.26. The average molecular weight is 343 g/mol. The van der Waals surface area contributed by atoms with Gasteiger partial charge in [0.05, 0.1) is 6.42 Å². The van der Waals surface area contributed by atoms with Gasteiger partial charge >= 0.3 is 5.97 Å². The number of rotatable bonds is 5. The molecule has 0 radical (unpaired) electrons. The SMILES string of the molecule is NC(Cc1ccc(Cl)cc1Cl)=NOC(=O)CC1CCCCC1. The number of amidine groups is 1. The van der Waals surface area contributed by atoms with Crippen molar-refractivity contribution in [3.8, 4) is 0 Å². The maximum Gasteiger partial charge on any atom is 0.335 e. The van der Waals surface area contributed by atoms with E-state index in [9.17, 15) is 4.79 Å². The molecule has 0 saturated heterocycles. The normalized spacial score (nSPS) is 16.5. The fourth-order valence-electron chi connectivity index (χ4n) is 2.67. The highest BCUT2D eigenvalue weighted by atomic mass is 35.5. The molecule has 0 atom stereocenters. The van der Waals surface area contributed by atoms with Gasteiger partial charge in [-0.2, -0.15) is 0 Å². The van der Waals surface area contributed by atoms with E-state index < -0.39 is 0 Å². The van der Waals surface area contributed by atoms with E-state index in [2.05, 4.69) is 5.16 Å². The number of carbonyl (C=O) groups is 1. The zero-order valence-corrected chi connectivity index (χ0v) is 13.9. The van der Waals surface area contributed by atoms with Crippen LogP contribution >= 0.6 is 23.2 Å². The zero-order chi connectivity index (χ0) is 15.9. The number of halogens is 2. The highest BCUT2D eigenvalue weighted by Gasteiger charge is 2.18. The summed E-state index contributed by atoms with van der Waals surface area (Å²) in [4.78, 5) is 16.6. The van der Waals surface area contributed by atoms with Gasteiger partial charge in [-0.3, -0.25) is 0 Å². The molecule has 0 aromatic heterocycles. The van der Waals surface area contributed by atoms with Crippen LogP contribution in [0, 0.1) is 5.92 Å². The first kappa shape index (κ1) is 17.1. The lowest BCUT2D eigenvalue weighted by molar-refractivity contribution is -0.145. The number of carbonyl (C=O) groups excluding carboxylic acids is 1. The van der Waals surface area contributed by atoms with Crippen LogP contribution in [0.15, 0.2) is 23.4 Å². The molecule has 0 spiro atoms. The van der Waals surface area contributed by atoms with E-state index in [1.165, 1.54) is 19.3 Å². The van der Waals surface area contributed by atoms with Crippen LogP contribution in [0.3, 0.4) is 0 Å². The van der Waals surface area contributed by atoms with Gasteiger partial charge in [0.15, 0.2) is 0 Å².